The second kappa shape index (κ2) is 7.51. The van der Waals surface area contributed by atoms with Crippen molar-refractivity contribution in [2.45, 2.75) is 62.7 Å². The van der Waals surface area contributed by atoms with Gasteiger partial charge >= 0.3 is 11.8 Å². The maximum atomic E-state index is 13.0. The number of pyridine rings is 1. The van der Waals surface area contributed by atoms with Gasteiger partial charge in [0.2, 0.25) is 0 Å². The summed E-state index contributed by atoms with van der Waals surface area (Å²) >= 11 is 0. The predicted molar refractivity (Wildman–Crippen MR) is 127 cm³/mol. The Hall–Kier alpha value is -2.98. The molecule has 10 nitrogen and oxygen atoms in total. The number of aliphatic hydroxyl groups excluding tert-OH is 1. The van der Waals surface area contributed by atoms with E-state index in [1.807, 2.05) is 6.07 Å². The van der Waals surface area contributed by atoms with Crippen LogP contribution in [-0.2, 0) is 9.59 Å². The minimum Gasteiger partial charge on any atom is -0.393 e. The van der Waals surface area contributed by atoms with Gasteiger partial charge in [0.1, 0.15) is 5.82 Å². The second-order valence-electron chi connectivity index (χ2n) is 11.2. The van der Waals surface area contributed by atoms with E-state index in [0.717, 1.165) is 48.4 Å². The fraction of sp³-hybridized carbons (Fsp3) is 0.600. The number of nitrogens with one attached hydrogen (secondary N) is 2. The molecule has 2 amide bonds. The lowest BCUT2D eigenvalue weighted by molar-refractivity contribution is -0.148. The van der Waals surface area contributed by atoms with Crippen LogP contribution in [0.4, 0.5) is 5.82 Å². The summed E-state index contributed by atoms with van der Waals surface area (Å²) in [5.74, 6) is 0.462. The minimum atomic E-state index is -0.697. The lowest BCUT2D eigenvalue weighted by atomic mass is 9.52. The number of hydrogen-bond acceptors (Lipinski definition) is 6. The third-order valence-corrected chi connectivity index (χ3v) is 8.92. The zero-order valence-corrected chi connectivity index (χ0v) is 19.5. The van der Waals surface area contributed by atoms with E-state index in [-0.39, 0.29) is 6.04 Å². The Morgan fingerprint density at radius 1 is 1.09 bits per heavy atom. The number of aromatic amines is 1. The molecule has 0 radical (unpaired) electrons. The number of nitrogens with zero attached hydrogens (tertiary/aromatic N) is 4. The highest BCUT2D eigenvalue weighted by Gasteiger charge is 2.55. The minimum absolute atomic E-state index is 0.180. The number of carbonyl (C=O) groups is 2. The van der Waals surface area contributed by atoms with Crippen molar-refractivity contribution in [1.82, 2.24) is 24.6 Å². The van der Waals surface area contributed by atoms with Crippen LogP contribution in [0.3, 0.4) is 0 Å². The fourth-order valence-corrected chi connectivity index (χ4v) is 7.70. The van der Waals surface area contributed by atoms with E-state index in [1.54, 1.807) is 12.4 Å². The first-order valence-corrected chi connectivity index (χ1v) is 12.7. The molecular weight excluding hydrogens is 448 g/mol. The number of carbonyl (C=O) groups excluding carboxylic acids is 2. The van der Waals surface area contributed by atoms with Crippen molar-refractivity contribution in [1.29, 1.82) is 0 Å². The Kier molecular flexibility index (Phi) is 4.57. The maximum absolute atomic E-state index is 13.0. The highest BCUT2D eigenvalue weighted by Crippen LogP contribution is 2.60. The van der Waals surface area contributed by atoms with Gasteiger partial charge in [-0.25, -0.2) is 9.97 Å². The molecule has 1 aliphatic heterocycles. The SMILES string of the molecule is O=C(Nc1[nH]n(C2[C@@H]3CC4C[C@H]2CC(O)(C4)C3)c2c1cnc1nccc12)C(=O)N1CCC(O)CC1. The normalized spacial score (nSPS) is 32.6. The van der Waals surface area contributed by atoms with E-state index in [0.29, 0.717) is 55.1 Å². The first-order chi connectivity index (χ1) is 16.9. The molecule has 5 aliphatic rings. The first-order valence-electron chi connectivity index (χ1n) is 12.7. The highest BCUT2D eigenvalue weighted by molar-refractivity contribution is 6.40. The molecular formula is C25H30N6O4. The zero-order chi connectivity index (χ0) is 23.9. The average molecular weight is 479 g/mol. The van der Waals surface area contributed by atoms with Gasteiger partial charge in [0, 0.05) is 30.9 Å². The van der Waals surface area contributed by atoms with Crippen LogP contribution >= 0.6 is 0 Å². The number of hydrogen-bond donors (Lipinski definition) is 4. The molecule has 4 heterocycles. The maximum Gasteiger partial charge on any atom is 0.315 e. The monoisotopic (exact) mass is 478 g/mol. The topological polar surface area (TPSA) is 136 Å². The Morgan fingerprint density at radius 2 is 1.83 bits per heavy atom. The van der Waals surface area contributed by atoms with Gasteiger partial charge in [-0.15, -0.1) is 0 Å². The van der Waals surface area contributed by atoms with Gasteiger partial charge in [-0.2, -0.15) is 0 Å². The fourth-order valence-electron chi connectivity index (χ4n) is 7.70. The summed E-state index contributed by atoms with van der Waals surface area (Å²) in [5.41, 5.74) is 1.04. The lowest BCUT2D eigenvalue weighted by Crippen LogP contribution is -2.55. The smallest absolute Gasteiger partial charge is 0.315 e. The number of rotatable bonds is 2. The number of aromatic nitrogens is 4. The number of likely N-dealkylation sites (tertiary alicyclic amines) is 1. The van der Waals surface area contributed by atoms with Crippen LogP contribution in [-0.4, -0.2) is 71.5 Å². The number of anilines is 1. The molecule has 0 aromatic carbocycles. The Labute approximate surface area is 201 Å². The molecule has 4 aliphatic carbocycles. The lowest BCUT2D eigenvalue weighted by Gasteiger charge is -2.58. The summed E-state index contributed by atoms with van der Waals surface area (Å²) in [6, 6.07) is 2.12. The number of aliphatic hydroxyl groups is 2. The summed E-state index contributed by atoms with van der Waals surface area (Å²) in [6.45, 7) is 0.742. The van der Waals surface area contributed by atoms with Gasteiger partial charge in [-0.1, -0.05) is 0 Å². The van der Waals surface area contributed by atoms with E-state index in [1.165, 1.54) is 4.90 Å². The Morgan fingerprint density at radius 3 is 2.54 bits per heavy atom. The van der Waals surface area contributed by atoms with Crippen LogP contribution in [0.1, 0.15) is 51.0 Å². The molecule has 3 unspecified atom stereocenters. The van der Waals surface area contributed by atoms with Crippen LogP contribution < -0.4 is 5.32 Å². The molecule has 35 heavy (non-hydrogen) atoms. The molecule has 5 fully saturated rings. The van der Waals surface area contributed by atoms with Crippen molar-refractivity contribution in [3.63, 3.8) is 0 Å². The molecule has 3 aromatic heterocycles. The van der Waals surface area contributed by atoms with Crippen molar-refractivity contribution in [3.05, 3.63) is 18.5 Å². The molecule has 1 saturated heterocycles. The summed E-state index contributed by atoms with van der Waals surface area (Å²) in [6.07, 6.45) is 8.71. The molecule has 0 spiro atoms. The molecule has 5 atom stereocenters. The molecule has 4 bridgehead atoms. The molecule has 3 aromatic rings. The second-order valence-corrected chi connectivity index (χ2v) is 11.2. The van der Waals surface area contributed by atoms with Gasteiger partial charge in [0.05, 0.1) is 28.6 Å². The molecule has 8 rings (SSSR count). The Bertz CT molecular complexity index is 1320. The van der Waals surface area contributed by atoms with E-state index >= 15 is 0 Å². The van der Waals surface area contributed by atoms with Crippen LogP contribution in [0.15, 0.2) is 18.5 Å². The predicted octanol–water partition coefficient (Wildman–Crippen LogP) is 1.95. The van der Waals surface area contributed by atoms with Crippen molar-refractivity contribution >= 4 is 39.6 Å². The number of amides is 2. The number of fused-ring (bicyclic) bond motifs is 3. The third-order valence-electron chi connectivity index (χ3n) is 8.92. The third kappa shape index (κ3) is 3.30. The number of H-pyrrole nitrogens is 1. The standard InChI is InChI=1S/C25H30N6O4/c32-16-2-5-30(6-3-16)24(34)23(33)28-22-18-12-27-21-17(1-4-26-21)20(18)31(29-22)19-14-7-13-8-15(19)11-25(35,9-13)10-14/h1,4,12-16,19,29,32,35H,2-3,5-11H2,(H,28,33)/t13?,14-,15+,19?,25?. The summed E-state index contributed by atoms with van der Waals surface area (Å²) in [7, 11) is 0. The summed E-state index contributed by atoms with van der Waals surface area (Å²) in [5, 5.41) is 28.7. The summed E-state index contributed by atoms with van der Waals surface area (Å²) in [4.78, 5) is 36.1. The molecule has 184 valence electrons. The van der Waals surface area contributed by atoms with Crippen molar-refractivity contribution in [2.24, 2.45) is 17.8 Å². The van der Waals surface area contributed by atoms with Gasteiger partial charge in [-0.05, 0) is 68.8 Å². The van der Waals surface area contributed by atoms with Crippen LogP contribution in [0.2, 0.25) is 0 Å². The molecule has 4 saturated carbocycles. The quantitative estimate of drug-likeness (QED) is 0.416. The average Bonchev–Trinajstić information content (AvgIpc) is 3.42. The van der Waals surface area contributed by atoms with E-state index in [9.17, 15) is 19.8 Å². The van der Waals surface area contributed by atoms with Gasteiger partial charge in [0.25, 0.3) is 0 Å². The van der Waals surface area contributed by atoms with Gasteiger partial charge in [-0.3, -0.25) is 19.4 Å². The summed E-state index contributed by atoms with van der Waals surface area (Å²) < 4.78 is 2.16. The highest BCUT2D eigenvalue weighted by atomic mass is 16.3. The van der Waals surface area contributed by atoms with E-state index in [2.05, 4.69) is 25.1 Å². The largest absolute Gasteiger partial charge is 0.393 e. The molecule has 4 N–H and O–H groups in total. The van der Waals surface area contributed by atoms with Crippen molar-refractivity contribution in [2.75, 3.05) is 18.4 Å². The van der Waals surface area contributed by atoms with Crippen molar-refractivity contribution in [3.8, 4) is 0 Å². The van der Waals surface area contributed by atoms with Crippen LogP contribution in [0.25, 0.3) is 21.9 Å². The van der Waals surface area contributed by atoms with E-state index < -0.39 is 23.5 Å². The van der Waals surface area contributed by atoms with E-state index in [4.69, 9.17) is 0 Å². The number of piperidine rings is 1. The van der Waals surface area contributed by atoms with Crippen LogP contribution in [0, 0.1) is 17.8 Å². The van der Waals surface area contributed by atoms with Gasteiger partial charge < -0.3 is 20.4 Å². The van der Waals surface area contributed by atoms with Gasteiger partial charge in [0.15, 0.2) is 5.65 Å². The first kappa shape index (κ1) is 21.3. The molecule has 10 heteroatoms. The van der Waals surface area contributed by atoms with Crippen molar-refractivity contribution < 1.29 is 19.8 Å². The zero-order valence-electron chi connectivity index (χ0n) is 19.5. The Balaban J connectivity index is 1.27. The van der Waals surface area contributed by atoms with Crippen LogP contribution in [0.5, 0.6) is 0 Å².